The van der Waals surface area contributed by atoms with Gasteiger partial charge in [0, 0.05) is 21.1 Å². The van der Waals surface area contributed by atoms with Gasteiger partial charge < -0.3 is 90.0 Å². The van der Waals surface area contributed by atoms with Crippen LogP contribution < -0.4 is 30.6 Å². The zero-order valence-electron chi connectivity index (χ0n) is 15.2. The molecule has 0 aromatic rings. The monoisotopic (exact) mass is 548 g/mol. The molecule has 0 aliphatic carbocycles. The van der Waals surface area contributed by atoms with Gasteiger partial charge in [-0.2, -0.15) is 0 Å². The van der Waals surface area contributed by atoms with Gasteiger partial charge in [0.15, 0.2) is 0 Å². The molecule has 0 radical (unpaired) electrons. The van der Waals surface area contributed by atoms with Crippen LogP contribution in [-0.2, 0) is 49.8 Å². The molecule has 0 aliphatic heterocycles. The number of aliphatic carboxylic acids is 6. The molecule has 31 heavy (non-hydrogen) atoms. The Morgan fingerprint density at radius 3 is 0.387 bits per heavy atom. The van der Waals surface area contributed by atoms with Crippen molar-refractivity contribution in [3.63, 3.8) is 0 Å². The average Bonchev–Trinajstić information content (AvgIpc) is 2.69. The zero-order valence-corrected chi connectivity index (χ0v) is 17.2. The van der Waals surface area contributed by atoms with Gasteiger partial charge in [-0.1, -0.05) is 0 Å². The minimum absolute atomic E-state index is 0. The van der Waals surface area contributed by atoms with Crippen molar-refractivity contribution in [2.45, 2.75) is 0 Å². The number of hydrogen-bond donors (Lipinski definition) is 6. The first-order valence-electron chi connectivity index (χ1n) is 6.47. The summed E-state index contributed by atoms with van der Waals surface area (Å²) in [7, 11) is 0. The molecule has 0 amide bonds. The van der Waals surface area contributed by atoms with Gasteiger partial charge in [-0.25, -0.2) is 0 Å². The zero-order chi connectivity index (χ0) is 25.7. The van der Waals surface area contributed by atoms with E-state index < -0.39 is 75.5 Å². The van der Waals surface area contributed by atoms with E-state index in [1.165, 1.54) is 0 Å². The maximum absolute atomic E-state index is 9.01. The van der Waals surface area contributed by atoms with Crippen LogP contribution >= 0.6 is 0 Å². The van der Waals surface area contributed by atoms with E-state index in [9.17, 15) is 0 Å². The molecule has 0 aliphatic rings. The average molecular weight is 546 g/mol. The smallest absolute Gasteiger partial charge is 0.0826 e. The first-order chi connectivity index (χ1) is 13.6. The van der Waals surface area contributed by atoms with Crippen molar-refractivity contribution in [3.05, 3.63) is 0 Å². The van der Waals surface area contributed by atoms with Crippen LogP contribution in [0, 0.1) is 0 Å². The van der Waals surface area contributed by atoms with Crippen LogP contribution in [0.3, 0.4) is 0 Å². The Bertz CT molecular complexity index is 356. The molecule has 0 spiro atoms. The van der Waals surface area contributed by atoms with Crippen molar-refractivity contribution in [2.24, 2.45) is 0 Å². The molecule has 0 saturated carbocycles. The van der Waals surface area contributed by atoms with Gasteiger partial charge in [0.25, 0.3) is 0 Å². The summed E-state index contributed by atoms with van der Waals surface area (Å²) in [5.74, 6) is -8.64. The Morgan fingerprint density at radius 1 is 0.355 bits per heavy atom. The summed E-state index contributed by atoms with van der Waals surface area (Å²) in [6.07, 6.45) is 0. The van der Waals surface area contributed by atoms with E-state index in [1.807, 2.05) is 0 Å². The molecular formula is C12H18MoO18-6. The molecular weight excluding hydrogens is 528 g/mol. The summed E-state index contributed by atoms with van der Waals surface area (Å²) in [6, 6.07) is 0. The second-order valence-corrected chi connectivity index (χ2v) is 3.18. The number of carboxylic acids is 6. The number of carbonyl (C=O) groups is 6. The van der Waals surface area contributed by atoms with Gasteiger partial charge in [-0.15, -0.1) is 0 Å². The Hall–Kier alpha value is -2.73. The summed E-state index contributed by atoms with van der Waals surface area (Å²) in [4.78, 5) is 54.0. The third-order valence-corrected chi connectivity index (χ3v) is 0.775. The van der Waals surface area contributed by atoms with Crippen LogP contribution in [0.4, 0.5) is 0 Å². The fourth-order valence-corrected chi connectivity index (χ4v) is 0. The van der Waals surface area contributed by atoms with Gasteiger partial charge >= 0.3 is 0 Å². The van der Waals surface area contributed by atoms with E-state index in [4.69, 9.17) is 90.0 Å². The molecule has 0 fully saturated rings. The van der Waals surface area contributed by atoms with Gasteiger partial charge in [-0.05, 0) is 0 Å². The second-order valence-electron chi connectivity index (χ2n) is 3.18. The standard InChI is InChI=1S/6C2H4O3.Mo/c6*3-1-2(4)5;/h6*3H,1H2,(H,4,5);/p-6. The predicted octanol–water partition coefficient (Wildman–Crippen LogP) is -13.6. The van der Waals surface area contributed by atoms with E-state index in [0.717, 1.165) is 0 Å². The Kier molecular flexibility index (Phi) is 62.4. The molecule has 19 heteroatoms. The maximum atomic E-state index is 9.01. The maximum Gasteiger partial charge on any atom is 0.0826 e. The molecule has 0 unspecified atom stereocenters. The molecule has 0 aromatic carbocycles. The van der Waals surface area contributed by atoms with E-state index in [2.05, 4.69) is 0 Å². The van der Waals surface area contributed by atoms with Gasteiger partial charge in [0.05, 0.1) is 75.5 Å². The fourth-order valence-electron chi connectivity index (χ4n) is 0. The summed E-state index contributed by atoms with van der Waals surface area (Å²) in [5, 5.41) is 98.9. The Morgan fingerprint density at radius 2 is 0.387 bits per heavy atom. The summed E-state index contributed by atoms with van der Waals surface area (Å²) in [6.45, 7) is -5.33. The third-order valence-electron chi connectivity index (χ3n) is 0.775. The number of aliphatic hydroxyl groups is 6. The number of aliphatic hydroxyl groups excluding tert-OH is 6. The van der Waals surface area contributed by atoms with Crippen LogP contribution in [0.15, 0.2) is 0 Å². The molecule has 0 saturated heterocycles. The minimum atomic E-state index is -1.44. The quantitative estimate of drug-likeness (QED) is 0.168. The normalized spacial score (nSPS) is 7.16. The van der Waals surface area contributed by atoms with Crippen molar-refractivity contribution in [2.75, 3.05) is 39.6 Å². The predicted molar refractivity (Wildman–Crippen MR) is 72.6 cm³/mol. The molecule has 18 nitrogen and oxygen atoms in total. The number of carbonyl (C=O) groups excluding carboxylic acids is 6. The molecule has 0 aromatic heterocycles. The van der Waals surface area contributed by atoms with Crippen LogP contribution in [0.25, 0.3) is 0 Å². The number of hydrogen-bond acceptors (Lipinski definition) is 18. The van der Waals surface area contributed by atoms with E-state index >= 15 is 0 Å². The van der Waals surface area contributed by atoms with Crippen molar-refractivity contribution >= 4 is 35.8 Å². The molecule has 186 valence electrons. The SMILES string of the molecule is O=C([O-])CO.O=C([O-])CO.O=C([O-])CO.O=C([O-])CO.O=C([O-])CO.O=C([O-])CO.[Mo]. The van der Waals surface area contributed by atoms with E-state index in [0.29, 0.717) is 0 Å². The minimum Gasteiger partial charge on any atom is -0.548 e. The first-order valence-corrected chi connectivity index (χ1v) is 6.47. The number of rotatable bonds is 6. The van der Waals surface area contributed by atoms with E-state index in [-0.39, 0.29) is 21.1 Å². The van der Waals surface area contributed by atoms with Crippen molar-refractivity contribution in [1.82, 2.24) is 0 Å². The topological polar surface area (TPSA) is 362 Å². The molecule has 0 rings (SSSR count). The Labute approximate surface area is 187 Å². The molecule has 0 heterocycles. The summed E-state index contributed by atoms with van der Waals surface area (Å²) >= 11 is 0. The third kappa shape index (κ3) is 203. The number of carboxylic acid groups (broad SMARTS) is 6. The van der Waals surface area contributed by atoms with Crippen LogP contribution in [0.1, 0.15) is 0 Å². The van der Waals surface area contributed by atoms with Crippen molar-refractivity contribution in [3.8, 4) is 0 Å². The molecule has 0 atom stereocenters. The van der Waals surface area contributed by atoms with Crippen LogP contribution in [0.5, 0.6) is 0 Å². The second kappa shape index (κ2) is 41.6. The van der Waals surface area contributed by atoms with Gasteiger partial charge in [0.2, 0.25) is 0 Å². The van der Waals surface area contributed by atoms with E-state index in [1.54, 1.807) is 0 Å². The molecule has 6 N–H and O–H groups in total. The van der Waals surface area contributed by atoms with Crippen molar-refractivity contribution in [1.29, 1.82) is 0 Å². The fraction of sp³-hybridized carbons (Fsp3) is 0.500. The van der Waals surface area contributed by atoms with Crippen molar-refractivity contribution < 1.29 is 111 Å². The van der Waals surface area contributed by atoms with Gasteiger partial charge in [0.1, 0.15) is 0 Å². The summed E-state index contributed by atoms with van der Waals surface area (Å²) < 4.78 is 0. The summed E-state index contributed by atoms with van der Waals surface area (Å²) in [5.41, 5.74) is 0. The largest absolute Gasteiger partial charge is 0.548 e. The Balaban J connectivity index is -0.0000000443. The van der Waals surface area contributed by atoms with Crippen LogP contribution in [-0.4, -0.2) is 106 Å². The molecule has 0 bridgehead atoms. The van der Waals surface area contributed by atoms with Crippen LogP contribution in [0.2, 0.25) is 0 Å². The first kappa shape index (κ1) is 46.5. The van der Waals surface area contributed by atoms with Gasteiger partial charge in [-0.3, -0.25) is 0 Å².